The number of cyclic esters (lactones) is 1. The van der Waals surface area contributed by atoms with E-state index < -0.39 is 6.09 Å². The molecule has 1 saturated heterocycles. The van der Waals surface area contributed by atoms with E-state index in [1.807, 2.05) is 26.0 Å². The van der Waals surface area contributed by atoms with E-state index in [0.29, 0.717) is 5.75 Å². The summed E-state index contributed by atoms with van der Waals surface area (Å²) in [5.41, 5.74) is 0.743. The topological polar surface area (TPSA) is 59.1 Å². The molecule has 1 aliphatic heterocycles. The number of rotatable bonds is 7. The Kier molecular flexibility index (Phi) is 10.5. The van der Waals surface area contributed by atoms with Gasteiger partial charge in [0, 0.05) is 10.0 Å². The van der Waals surface area contributed by atoms with Crippen molar-refractivity contribution in [1.29, 1.82) is 0 Å². The zero-order valence-electron chi connectivity index (χ0n) is 17.8. The third-order valence-corrected chi connectivity index (χ3v) is 5.37. The molecule has 1 aliphatic rings. The highest BCUT2D eigenvalue weighted by Gasteiger charge is 2.39. The van der Waals surface area contributed by atoms with Crippen LogP contribution in [-0.4, -0.2) is 61.2 Å². The molecule has 28 heavy (non-hydrogen) atoms. The molecule has 0 bridgehead atoms. The first-order valence-electron chi connectivity index (χ1n) is 9.82. The SMILES string of the molecule is CCN(CC)CC.COc1cc(Br)ccc1CC(=O)N1C(=O)OC[C@@H]1C(C)C. The van der Waals surface area contributed by atoms with Crippen LogP contribution in [0.2, 0.25) is 0 Å². The van der Waals surface area contributed by atoms with Gasteiger partial charge in [0.2, 0.25) is 5.91 Å². The Balaban J connectivity index is 0.000000480. The first-order valence-corrected chi connectivity index (χ1v) is 10.6. The molecule has 158 valence electrons. The van der Waals surface area contributed by atoms with Gasteiger partial charge in [-0.2, -0.15) is 0 Å². The van der Waals surface area contributed by atoms with Crippen LogP contribution in [-0.2, 0) is 16.0 Å². The maximum Gasteiger partial charge on any atom is 0.416 e. The summed E-state index contributed by atoms with van der Waals surface area (Å²) in [7, 11) is 1.55. The zero-order valence-corrected chi connectivity index (χ0v) is 19.4. The lowest BCUT2D eigenvalue weighted by Crippen LogP contribution is -2.42. The maximum atomic E-state index is 12.5. The number of halogens is 1. The lowest BCUT2D eigenvalue weighted by atomic mass is 10.0. The monoisotopic (exact) mass is 456 g/mol. The fraction of sp³-hybridized carbons (Fsp3) is 0.619. The molecule has 0 aliphatic carbocycles. The molecule has 6 nitrogen and oxygen atoms in total. The van der Waals surface area contributed by atoms with E-state index in [4.69, 9.17) is 9.47 Å². The molecule has 2 rings (SSSR count). The van der Waals surface area contributed by atoms with E-state index in [1.54, 1.807) is 13.2 Å². The number of ether oxygens (including phenoxy) is 2. The third kappa shape index (κ3) is 6.78. The van der Waals surface area contributed by atoms with E-state index >= 15 is 0 Å². The Morgan fingerprint density at radius 1 is 1.29 bits per heavy atom. The highest BCUT2D eigenvalue weighted by molar-refractivity contribution is 9.10. The standard InChI is InChI=1S/C15H18BrNO4.C6H15N/c1-9(2)12-8-21-15(19)17(12)14(18)6-10-4-5-11(16)7-13(10)20-3;1-4-7(5-2)6-3/h4-5,7,9,12H,6,8H2,1-3H3;4-6H2,1-3H3/t12-;/m1./s1. The lowest BCUT2D eigenvalue weighted by Gasteiger charge is -2.22. The number of methoxy groups -OCH3 is 1. The molecule has 0 spiro atoms. The van der Waals surface area contributed by atoms with Crippen molar-refractivity contribution in [3.05, 3.63) is 28.2 Å². The van der Waals surface area contributed by atoms with Crippen LogP contribution in [0.4, 0.5) is 4.79 Å². The molecule has 7 heteroatoms. The van der Waals surface area contributed by atoms with Gasteiger partial charge in [-0.1, -0.05) is 56.6 Å². The Labute approximate surface area is 177 Å². The Morgan fingerprint density at radius 2 is 1.89 bits per heavy atom. The summed E-state index contributed by atoms with van der Waals surface area (Å²) in [6, 6.07) is 5.25. The Hall–Kier alpha value is -1.60. The van der Waals surface area contributed by atoms with Gasteiger partial charge in [0.25, 0.3) is 0 Å². The summed E-state index contributed by atoms with van der Waals surface area (Å²) in [4.78, 5) is 27.8. The van der Waals surface area contributed by atoms with Gasteiger partial charge in [-0.3, -0.25) is 4.79 Å². The van der Waals surface area contributed by atoms with E-state index in [0.717, 1.165) is 10.0 Å². The number of imide groups is 1. The quantitative estimate of drug-likeness (QED) is 0.609. The van der Waals surface area contributed by atoms with Crippen LogP contribution in [0.5, 0.6) is 5.75 Å². The van der Waals surface area contributed by atoms with E-state index in [2.05, 4.69) is 41.6 Å². The summed E-state index contributed by atoms with van der Waals surface area (Å²) in [6.07, 6.45) is -0.454. The molecule has 2 amide bonds. The minimum atomic E-state index is -0.560. The number of benzene rings is 1. The van der Waals surface area contributed by atoms with Gasteiger partial charge < -0.3 is 14.4 Å². The van der Waals surface area contributed by atoms with E-state index in [1.165, 1.54) is 24.5 Å². The second kappa shape index (κ2) is 12.1. The number of nitrogens with zero attached hydrogens (tertiary/aromatic N) is 2. The van der Waals surface area contributed by atoms with Crippen molar-refractivity contribution < 1.29 is 19.1 Å². The molecule has 0 saturated carbocycles. The maximum absolute atomic E-state index is 12.5. The highest BCUT2D eigenvalue weighted by atomic mass is 79.9. The minimum absolute atomic E-state index is 0.106. The van der Waals surface area contributed by atoms with Crippen LogP contribution >= 0.6 is 15.9 Å². The second-order valence-electron chi connectivity index (χ2n) is 6.90. The Morgan fingerprint density at radius 3 is 2.36 bits per heavy atom. The summed E-state index contributed by atoms with van der Waals surface area (Å²) in [6.45, 7) is 14.3. The van der Waals surface area contributed by atoms with Gasteiger partial charge in [-0.05, 0) is 37.7 Å². The average molecular weight is 457 g/mol. The van der Waals surface area contributed by atoms with Crippen LogP contribution in [0.1, 0.15) is 40.2 Å². The first kappa shape index (κ1) is 24.4. The van der Waals surface area contributed by atoms with Crippen molar-refractivity contribution in [2.75, 3.05) is 33.4 Å². The molecular weight excluding hydrogens is 424 g/mol. The molecule has 0 unspecified atom stereocenters. The number of carbonyl (C=O) groups is 2. The van der Waals surface area contributed by atoms with Crippen molar-refractivity contribution in [3.8, 4) is 5.75 Å². The van der Waals surface area contributed by atoms with Crippen molar-refractivity contribution >= 4 is 27.9 Å². The molecule has 1 atom stereocenters. The van der Waals surface area contributed by atoms with Crippen LogP contribution in [0.15, 0.2) is 22.7 Å². The number of hydrogen-bond donors (Lipinski definition) is 0. The Bertz CT molecular complexity index is 642. The molecule has 1 aromatic rings. The summed E-state index contributed by atoms with van der Waals surface area (Å²) in [5.74, 6) is 0.510. The van der Waals surface area contributed by atoms with Crippen molar-refractivity contribution in [2.24, 2.45) is 5.92 Å². The van der Waals surface area contributed by atoms with Gasteiger partial charge in [-0.15, -0.1) is 0 Å². The largest absolute Gasteiger partial charge is 0.496 e. The van der Waals surface area contributed by atoms with Gasteiger partial charge in [-0.25, -0.2) is 9.69 Å². The average Bonchev–Trinajstić information content (AvgIpc) is 3.07. The van der Waals surface area contributed by atoms with Gasteiger partial charge in [0.15, 0.2) is 0 Å². The molecule has 1 aromatic carbocycles. The third-order valence-electron chi connectivity index (χ3n) is 4.88. The number of carbonyl (C=O) groups excluding carboxylic acids is 2. The van der Waals surface area contributed by atoms with E-state index in [-0.39, 0.29) is 30.9 Å². The molecule has 0 radical (unpaired) electrons. The molecule has 0 aromatic heterocycles. The zero-order chi connectivity index (χ0) is 21.3. The first-order chi connectivity index (χ1) is 13.3. The van der Waals surface area contributed by atoms with Crippen LogP contribution < -0.4 is 4.74 Å². The van der Waals surface area contributed by atoms with Crippen molar-refractivity contribution in [3.63, 3.8) is 0 Å². The van der Waals surface area contributed by atoms with Gasteiger partial charge >= 0.3 is 6.09 Å². The van der Waals surface area contributed by atoms with Crippen LogP contribution in [0.3, 0.4) is 0 Å². The fourth-order valence-corrected chi connectivity index (χ4v) is 3.34. The van der Waals surface area contributed by atoms with Crippen LogP contribution in [0, 0.1) is 5.92 Å². The molecule has 1 fully saturated rings. The smallest absolute Gasteiger partial charge is 0.416 e. The highest BCUT2D eigenvalue weighted by Crippen LogP contribution is 2.26. The van der Waals surface area contributed by atoms with E-state index in [9.17, 15) is 9.59 Å². The predicted molar refractivity (Wildman–Crippen MR) is 115 cm³/mol. The predicted octanol–water partition coefficient (Wildman–Crippen LogP) is 4.35. The van der Waals surface area contributed by atoms with Crippen molar-refractivity contribution in [2.45, 2.75) is 47.1 Å². The number of amides is 2. The summed E-state index contributed by atoms with van der Waals surface area (Å²) in [5, 5.41) is 0. The molecular formula is C21H33BrN2O4. The number of hydrogen-bond acceptors (Lipinski definition) is 5. The lowest BCUT2D eigenvalue weighted by molar-refractivity contribution is -0.129. The van der Waals surface area contributed by atoms with Crippen molar-refractivity contribution in [1.82, 2.24) is 9.80 Å². The summed E-state index contributed by atoms with van der Waals surface area (Å²) < 4.78 is 11.1. The normalized spacial score (nSPS) is 16.1. The van der Waals surface area contributed by atoms with Gasteiger partial charge in [0.05, 0.1) is 19.6 Å². The minimum Gasteiger partial charge on any atom is -0.496 e. The second-order valence-corrected chi connectivity index (χ2v) is 7.82. The summed E-state index contributed by atoms with van der Waals surface area (Å²) >= 11 is 3.36. The fourth-order valence-electron chi connectivity index (χ4n) is 3.00. The molecule has 0 N–H and O–H groups in total. The van der Waals surface area contributed by atoms with Gasteiger partial charge in [0.1, 0.15) is 12.4 Å². The van der Waals surface area contributed by atoms with Crippen LogP contribution in [0.25, 0.3) is 0 Å². The molecule has 1 heterocycles.